The van der Waals surface area contributed by atoms with Crippen molar-refractivity contribution in [1.29, 1.82) is 0 Å². The second-order valence-corrected chi connectivity index (χ2v) is 7.44. The van der Waals surface area contributed by atoms with E-state index in [1.807, 2.05) is 18.2 Å². The summed E-state index contributed by atoms with van der Waals surface area (Å²) < 4.78 is 5.60. The van der Waals surface area contributed by atoms with E-state index in [4.69, 9.17) is 9.73 Å². The Morgan fingerprint density at radius 1 is 1.18 bits per heavy atom. The predicted octanol–water partition coefficient (Wildman–Crippen LogP) is 3.34. The van der Waals surface area contributed by atoms with Gasteiger partial charge in [0.15, 0.2) is 0 Å². The van der Waals surface area contributed by atoms with E-state index < -0.39 is 0 Å². The largest absolute Gasteiger partial charge is 0.381 e. The summed E-state index contributed by atoms with van der Waals surface area (Å²) in [6, 6.07) is 14.1. The highest BCUT2D eigenvalue weighted by Gasteiger charge is 2.41. The quantitative estimate of drug-likeness (QED) is 0.766. The minimum Gasteiger partial charge on any atom is -0.381 e. The Morgan fingerprint density at radius 2 is 2.00 bits per heavy atom. The van der Waals surface area contributed by atoms with Crippen LogP contribution < -0.4 is 16.0 Å². The standard InChI is InChI=1S/C22H26N4O2/c1-15-4-3-5-16(12-15)14-24-21-22(8-10-28-11-9-22)26-18-7-6-17(20(27)23-2)13-19(18)25-21/h3-7,12-13,26H,8-11,14H2,1-2H3,(H,23,27)(H,24,25). The number of anilines is 2. The van der Waals surface area contributed by atoms with Crippen LogP contribution in [-0.4, -0.2) is 37.5 Å². The summed E-state index contributed by atoms with van der Waals surface area (Å²) in [7, 11) is 1.64. The molecule has 2 aromatic rings. The van der Waals surface area contributed by atoms with Crippen molar-refractivity contribution in [2.75, 3.05) is 30.9 Å². The molecule has 3 N–H and O–H groups in total. The maximum absolute atomic E-state index is 12.0. The lowest BCUT2D eigenvalue weighted by atomic mass is 9.85. The van der Waals surface area contributed by atoms with Crippen molar-refractivity contribution in [2.24, 2.45) is 4.99 Å². The number of nitrogens with one attached hydrogen (secondary N) is 3. The summed E-state index contributed by atoms with van der Waals surface area (Å²) in [5.41, 5.74) is 4.64. The molecule has 6 nitrogen and oxygen atoms in total. The summed E-state index contributed by atoms with van der Waals surface area (Å²) in [5, 5.41) is 9.88. The zero-order valence-electron chi connectivity index (χ0n) is 16.3. The number of rotatable bonds is 3. The number of hydrogen-bond acceptors (Lipinski definition) is 4. The summed E-state index contributed by atoms with van der Waals surface area (Å²) in [4.78, 5) is 17.0. The normalized spacial score (nSPS) is 18.9. The first-order chi connectivity index (χ1) is 13.6. The van der Waals surface area contributed by atoms with Crippen molar-refractivity contribution in [3.63, 3.8) is 0 Å². The summed E-state index contributed by atoms with van der Waals surface area (Å²) in [6.45, 7) is 4.10. The number of fused-ring (bicyclic) bond motifs is 1. The maximum atomic E-state index is 12.0. The van der Waals surface area contributed by atoms with Crippen LogP contribution in [0.15, 0.2) is 47.5 Å². The highest BCUT2D eigenvalue weighted by Crippen LogP contribution is 2.37. The zero-order chi connectivity index (χ0) is 19.6. The Hall–Kier alpha value is -2.86. The molecule has 2 aliphatic rings. The molecule has 0 atom stereocenters. The molecule has 2 aliphatic heterocycles. The number of ether oxygens (including phenoxy) is 1. The molecule has 0 aliphatic carbocycles. The van der Waals surface area contributed by atoms with Gasteiger partial charge in [0.1, 0.15) is 5.84 Å². The van der Waals surface area contributed by atoms with Gasteiger partial charge in [-0.1, -0.05) is 29.8 Å². The van der Waals surface area contributed by atoms with Crippen molar-refractivity contribution in [2.45, 2.75) is 31.8 Å². The number of amides is 1. The first-order valence-electron chi connectivity index (χ1n) is 9.69. The molecule has 146 valence electrons. The van der Waals surface area contributed by atoms with Gasteiger partial charge in [-0.05, 0) is 30.7 Å². The van der Waals surface area contributed by atoms with Gasteiger partial charge in [-0.15, -0.1) is 0 Å². The Balaban J connectivity index is 1.68. The lowest BCUT2D eigenvalue weighted by molar-refractivity contribution is 0.0778. The van der Waals surface area contributed by atoms with Gasteiger partial charge in [-0.25, -0.2) is 0 Å². The molecule has 2 aromatic carbocycles. The average Bonchev–Trinajstić information content (AvgIpc) is 2.72. The lowest BCUT2D eigenvalue weighted by Gasteiger charge is -2.43. The van der Waals surface area contributed by atoms with Gasteiger partial charge in [0, 0.05) is 38.7 Å². The van der Waals surface area contributed by atoms with E-state index in [1.54, 1.807) is 7.05 Å². The van der Waals surface area contributed by atoms with E-state index in [2.05, 4.69) is 47.1 Å². The van der Waals surface area contributed by atoms with Crippen LogP contribution in [0.4, 0.5) is 11.4 Å². The second kappa shape index (κ2) is 7.64. The fourth-order valence-corrected chi connectivity index (χ4v) is 3.86. The van der Waals surface area contributed by atoms with Gasteiger partial charge in [-0.2, -0.15) is 0 Å². The van der Waals surface area contributed by atoms with E-state index in [0.29, 0.717) is 25.3 Å². The molecule has 1 saturated heterocycles. The fourth-order valence-electron chi connectivity index (χ4n) is 3.86. The van der Waals surface area contributed by atoms with Crippen LogP contribution in [0.25, 0.3) is 0 Å². The van der Waals surface area contributed by atoms with Crippen molar-refractivity contribution in [3.8, 4) is 0 Å². The Labute approximate surface area is 165 Å². The SMILES string of the molecule is CNC(=O)c1ccc2c(c1)NC(=NCc1cccc(C)c1)C1(CCOCC1)N2. The third-order valence-corrected chi connectivity index (χ3v) is 5.44. The van der Waals surface area contributed by atoms with Crippen LogP contribution in [0, 0.1) is 6.92 Å². The van der Waals surface area contributed by atoms with Crippen LogP contribution in [0.1, 0.15) is 34.3 Å². The van der Waals surface area contributed by atoms with Gasteiger partial charge in [0.2, 0.25) is 0 Å². The van der Waals surface area contributed by atoms with Crippen LogP contribution in [0.2, 0.25) is 0 Å². The number of aryl methyl sites for hydroxylation is 1. The smallest absolute Gasteiger partial charge is 0.251 e. The first-order valence-corrected chi connectivity index (χ1v) is 9.69. The Kier molecular flexibility index (Phi) is 5.05. The third-order valence-electron chi connectivity index (χ3n) is 5.44. The molecule has 4 rings (SSSR count). The van der Waals surface area contributed by atoms with E-state index in [1.165, 1.54) is 11.1 Å². The molecule has 0 bridgehead atoms. The number of nitrogens with zero attached hydrogens (tertiary/aromatic N) is 1. The predicted molar refractivity (Wildman–Crippen MR) is 112 cm³/mol. The maximum Gasteiger partial charge on any atom is 0.251 e. The van der Waals surface area contributed by atoms with E-state index in [0.717, 1.165) is 30.1 Å². The van der Waals surface area contributed by atoms with Crippen molar-refractivity contribution in [1.82, 2.24) is 5.32 Å². The Bertz CT molecular complexity index is 917. The van der Waals surface area contributed by atoms with Crippen LogP contribution >= 0.6 is 0 Å². The van der Waals surface area contributed by atoms with E-state index in [-0.39, 0.29) is 11.4 Å². The van der Waals surface area contributed by atoms with Gasteiger partial charge < -0.3 is 20.7 Å². The van der Waals surface area contributed by atoms with Crippen LogP contribution in [-0.2, 0) is 11.3 Å². The minimum atomic E-state index is -0.260. The molecule has 0 unspecified atom stereocenters. The molecule has 2 heterocycles. The van der Waals surface area contributed by atoms with Gasteiger partial charge in [-0.3, -0.25) is 9.79 Å². The van der Waals surface area contributed by atoms with Crippen LogP contribution in [0.5, 0.6) is 0 Å². The zero-order valence-corrected chi connectivity index (χ0v) is 16.3. The van der Waals surface area contributed by atoms with Crippen molar-refractivity contribution < 1.29 is 9.53 Å². The molecular weight excluding hydrogens is 352 g/mol. The number of amidine groups is 1. The monoisotopic (exact) mass is 378 g/mol. The van der Waals surface area contributed by atoms with Gasteiger partial charge in [0.05, 0.1) is 23.5 Å². The molecule has 1 amide bonds. The van der Waals surface area contributed by atoms with Gasteiger partial charge >= 0.3 is 0 Å². The minimum absolute atomic E-state index is 0.103. The average molecular weight is 378 g/mol. The van der Waals surface area contributed by atoms with E-state index in [9.17, 15) is 4.79 Å². The number of benzene rings is 2. The van der Waals surface area contributed by atoms with Crippen molar-refractivity contribution in [3.05, 3.63) is 59.2 Å². The highest BCUT2D eigenvalue weighted by atomic mass is 16.5. The van der Waals surface area contributed by atoms with Crippen LogP contribution in [0.3, 0.4) is 0 Å². The Morgan fingerprint density at radius 3 is 2.75 bits per heavy atom. The summed E-state index contributed by atoms with van der Waals surface area (Å²) in [5.74, 6) is 0.813. The molecule has 28 heavy (non-hydrogen) atoms. The first kappa shape index (κ1) is 18.5. The molecule has 0 radical (unpaired) electrons. The summed E-state index contributed by atoms with van der Waals surface area (Å²) in [6.07, 6.45) is 1.70. The number of aliphatic imine (C=N–C) groups is 1. The fraction of sp³-hybridized carbons (Fsp3) is 0.364. The molecule has 1 fully saturated rings. The molecule has 0 aromatic heterocycles. The molecule has 0 saturated carbocycles. The number of carbonyl (C=O) groups excluding carboxylic acids is 1. The van der Waals surface area contributed by atoms with Gasteiger partial charge in [0.25, 0.3) is 5.91 Å². The summed E-state index contributed by atoms with van der Waals surface area (Å²) >= 11 is 0. The third kappa shape index (κ3) is 3.60. The van der Waals surface area contributed by atoms with Crippen molar-refractivity contribution >= 4 is 23.1 Å². The number of carbonyl (C=O) groups is 1. The molecule has 1 spiro atoms. The topological polar surface area (TPSA) is 74.8 Å². The number of hydrogen-bond donors (Lipinski definition) is 3. The molecular formula is C22H26N4O2. The molecule has 6 heteroatoms. The van der Waals surface area contributed by atoms with E-state index >= 15 is 0 Å². The second-order valence-electron chi connectivity index (χ2n) is 7.44. The highest BCUT2D eigenvalue weighted by molar-refractivity contribution is 6.10. The lowest BCUT2D eigenvalue weighted by Crippen LogP contribution is -2.55.